The molecule has 0 amide bonds. The third-order valence-electron chi connectivity index (χ3n) is 8.07. The summed E-state index contributed by atoms with van der Waals surface area (Å²) in [5, 5.41) is 0. The van der Waals surface area contributed by atoms with Gasteiger partial charge >= 0.3 is 0 Å². The van der Waals surface area contributed by atoms with Crippen LogP contribution in [0.2, 0.25) is 0 Å². The summed E-state index contributed by atoms with van der Waals surface area (Å²) in [6.45, 7) is 6.00. The van der Waals surface area contributed by atoms with Crippen molar-refractivity contribution in [1.29, 1.82) is 0 Å². The summed E-state index contributed by atoms with van der Waals surface area (Å²) in [5.74, 6) is 1.22. The van der Waals surface area contributed by atoms with Crippen molar-refractivity contribution in [3.63, 3.8) is 0 Å². The van der Waals surface area contributed by atoms with Crippen LogP contribution < -0.4 is 9.47 Å². The highest BCUT2D eigenvalue weighted by Crippen LogP contribution is 2.50. The normalized spacial score (nSPS) is 17.8. The van der Waals surface area contributed by atoms with Crippen LogP contribution in [-0.4, -0.2) is 43.8 Å². The molecule has 0 fully saturated rings. The van der Waals surface area contributed by atoms with Gasteiger partial charge in [0.2, 0.25) is 0 Å². The Morgan fingerprint density at radius 3 is 2.08 bits per heavy atom. The number of ketones is 2. The highest BCUT2D eigenvalue weighted by molar-refractivity contribution is 14.1. The molecule has 0 radical (unpaired) electrons. The molecule has 0 aromatic heterocycles. The van der Waals surface area contributed by atoms with Crippen molar-refractivity contribution < 1.29 is 23.8 Å². The minimum Gasteiger partial charge on any atom is -0.493 e. The van der Waals surface area contributed by atoms with E-state index in [2.05, 4.69) is 65.6 Å². The predicted octanol–water partition coefficient (Wildman–Crippen LogP) is 6.95. The number of nitrogens with zero attached hydrogens (tertiary/aromatic N) is 1. The fourth-order valence-electron chi connectivity index (χ4n) is 6.54. The van der Waals surface area contributed by atoms with Gasteiger partial charge in [0, 0.05) is 61.6 Å². The van der Waals surface area contributed by atoms with Gasteiger partial charge in [-0.25, -0.2) is 0 Å². The van der Waals surface area contributed by atoms with Crippen LogP contribution in [0.5, 0.6) is 11.5 Å². The van der Waals surface area contributed by atoms with Crippen molar-refractivity contribution >= 4 is 34.2 Å². The number of ether oxygens (including phenoxy) is 3. The summed E-state index contributed by atoms with van der Waals surface area (Å²) in [5.41, 5.74) is 8.19. The van der Waals surface area contributed by atoms with Crippen molar-refractivity contribution in [2.75, 3.05) is 27.4 Å². The molecule has 0 spiro atoms. The van der Waals surface area contributed by atoms with Crippen LogP contribution in [0, 0.1) is 17.4 Å². The second-order valence-electron chi connectivity index (χ2n) is 11.0. The first kappa shape index (κ1) is 28.9. The number of hydrogen-bond donors (Lipinski definition) is 0. The van der Waals surface area contributed by atoms with Gasteiger partial charge in [0.05, 0.1) is 10.7 Å². The van der Waals surface area contributed by atoms with Crippen molar-refractivity contribution in [3.05, 3.63) is 78.7 Å². The Hall–Kier alpha value is -2.65. The lowest BCUT2D eigenvalue weighted by Gasteiger charge is -2.44. The van der Waals surface area contributed by atoms with E-state index >= 15 is 0 Å². The number of hydrogen-bond acceptors (Lipinski definition) is 6. The fraction of sp³-hybridized carbons (Fsp3) is 0.455. The quantitative estimate of drug-likeness (QED) is 0.215. The summed E-state index contributed by atoms with van der Waals surface area (Å²) >= 11 is 2.29. The van der Waals surface area contributed by atoms with Crippen molar-refractivity contribution in [3.8, 4) is 11.5 Å². The van der Waals surface area contributed by atoms with Crippen molar-refractivity contribution in [1.82, 2.24) is 4.90 Å². The van der Waals surface area contributed by atoms with E-state index in [0.717, 1.165) is 75.9 Å². The van der Waals surface area contributed by atoms with E-state index in [0.29, 0.717) is 37.6 Å². The van der Waals surface area contributed by atoms with Gasteiger partial charge in [0.15, 0.2) is 23.1 Å². The first-order chi connectivity index (χ1) is 19.3. The zero-order valence-electron chi connectivity index (χ0n) is 23.9. The van der Waals surface area contributed by atoms with Gasteiger partial charge in [-0.05, 0) is 91.8 Å². The molecule has 212 valence electrons. The minimum atomic E-state index is -0.375. The average molecular weight is 656 g/mol. The van der Waals surface area contributed by atoms with E-state index < -0.39 is 0 Å². The standard InChI is InChI=1S/C33H38INO5/c1-20-14-21(2)16-22(15-20)19-40-33-24(34)17-23(18-29(33)39-4)30-31-25(8-5-10-27(31)36)35(12-7-13-38-3)26-9-6-11-28(37)32(26)30/h14-18,30H,5-13,19H2,1-4H3. The van der Waals surface area contributed by atoms with Gasteiger partial charge in [-0.15, -0.1) is 0 Å². The largest absolute Gasteiger partial charge is 0.493 e. The van der Waals surface area contributed by atoms with Gasteiger partial charge in [-0.1, -0.05) is 29.3 Å². The molecule has 1 heterocycles. The molecule has 0 saturated carbocycles. The minimum absolute atomic E-state index is 0.150. The number of carbonyl (C=O) groups excluding carboxylic acids is 2. The Labute approximate surface area is 250 Å². The number of Topliss-reactive ketones (excluding diaryl/α,β-unsaturated/α-hetero) is 2. The van der Waals surface area contributed by atoms with E-state index in [1.807, 2.05) is 6.07 Å². The maximum Gasteiger partial charge on any atom is 0.174 e. The third kappa shape index (κ3) is 5.73. The zero-order chi connectivity index (χ0) is 28.4. The molecule has 0 N–H and O–H groups in total. The second-order valence-corrected chi connectivity index (χ2v) is 12.2. The Balaban J connectivity index is 1.57. The molecule has 0 atom stereocenters. The second kappa shape index (κ2) is 12.5. The Kier molecular flexibility index (Phi) is 9.00. The molecule has 40 heavy (non-hydrogen) atoms. The van der Waals surface area contributed by atoms with Crippen LogP contribution in [-0.2, 0) is 20.9 Å². The smallest absolute Gasteiger partial charge is 0.174 e. The summed E-state index contributed by atoms with van der Waals surface area (Å²) < 4.78 is 18.4. The number of halogens is 1. The van der Waals surface area contributed by atoms with E-state index in [1.54, 1.807) is 14.2 Å². The molecule has 0 saturated heterocycles. The Morgan fingerprint density at radius 2 is 1.50 bits per heavy atom. The molecule has 0 unspecified atom stereocenters. The first-order valence-electron chi connectivity index (χ1n) is 14.2. The summed E-state index contributed by atoms with van der Waals surface area (Å²) in [7, 11) is 3.35. The lowest BCUT2D eigenvalue weighted by Crippen LogP contribution is -2.39. The number of benzene rings is 2. The van der Waals surface area contributed by atoms with Crippen molar-refractivity contribution in [2.24, 2.45) is 0 Å². The van der Waals surface area contributed by atoms with Crippen LogP contribution in [0.1, 0.15) is 73.1 Å². The highest BCUT2D eigenvalue weighted by Gasteiger charge is 2.43. The van der Waals surface area contributed by atoms with Gasteiger partial charge in [0.25, 0.3) is 0 Å². The molecule has 2 aromatic rings. The zero-order valence-corrected chi connectivity index (χ0v) is 26.1. The first-order valence-corrected chi connectivity index (χ1v) is 15.3. The van der Waals surface area contributed by atoms with Gasteiger partial charge in [0.1, 0.15) is 6.61 Å². The van der Waals surface area contributed by atoms with Crippen molar-refractivity contribution in [2.45, 2.75) is 71.3 Å². The van der Waals surface area contributed by atoms with E-state index in [4.69, 9.17) is 14.2 Å². The molecule has 1 aliphatic heterocycles. The monoisotopic (exact) mass is 655 g/mol. The maximum absolute atomic E-state index is 13.6. The lowest BCUT2D eigenvalue weighted by atomic mass is 9.71. The predicted molar refractivity (Wildman–Crippen MR) is 164 cm³/mol. The van der Waals surface area contributed by atoms with E-state index in [1.165, 1.54) is 11.1 Å². The number of carbonyl (C=O) groups is 2. The SMILES string of the molecule is COCCCN1C2=C(C(=O)CCC2)C(c2cc(I)c(OCc3cc(C)cc(C)c3)c(OC)c2)C2=C1CCCC2=O. The van der Waals surface area contributed by atoms with Crippen LogP contribution in [0.3, 0.4) is 0 Å². The molecule has 2 aliphatic carbocycles. The lowest BCUT2D eigenvalue weighted by molar-refractivity contribution is -0.117. The van der Waals surface area contributed by atoms with Gasteiger partial charge in [-0.2, -0.15) is 0 Å². The van der Waals surface area contributed by atoms with Gasteiger partial charge < -0.3 is 19.1 Å². The number of allylic oxidation sites excluding steroid dienone is 4. The molecule has 2 aromatic carbocycles. The van der Waals surface area contributed by atoms with Crippen LogP contribution in [0.15, 0.2) is 52.9 Å². The molecular formula is C33H38INO5. The van der Waals surface area contributed by atoms with Crippen LogP contribution in [0.25, 0.3) is 0 Å². The summed E-state index contributed by atoms with van der Waals surface area (Å²) in [6.07, 6.45) is 5.26. The fourth-order valence-corrected chi connectivity index (χ4v) is 7.32. The van der Waals surface area contributed by atoms with E-state index in [9.17, 15) is 9.59 Å². The summed E-state index contributed by atoms with van der Waals surface area (Å²) in [4.78, 5) is 29.5. The van der Waals surface area contributed by atoms with Crippen LogP contribution >= 0.6 is 22.6 Å². The van der Waals surface area contributed by atoms with Crippen LogP contribution in [0.4, 0.5) is 0 Å². The average Bonchev–Trinajstić information content (AvgIpc) is 2.92. The van der Waals surface area contributed by atoms with E-state index in [-0.39, 0.29) is 17.5 Å². The Bertz CT molecular complexity index is 1330. The third-order valence-corrected chi connectivity index (χ3v) is 8.87. The Morgan fingerprint density at radius 1 is 0.875 bits per heavy atom. The molecule has 7 heteroatoms. The number of rotatable bonds is 9. The molecule has 0 bridgehead atoms. The number of methoxy groups -OCH3 is 2. The summed E-state index contributed by atoms with van der Waals surface area (Å²) in [6, 6.07) is 10.5. The number of aryl methyl sites for hydroxylation is 2. The molecule has 3 aliphatic rings. The highest BCUT2D eigenvalue weighted by atomic mass is 127. The topological polar surface area (TPSA) is 65.1 Å². The van der Waals surface area contributed by atoms with Gasteiger partial charge in [-0.3, -0.25) is 9.59 Å². The molecule has 6 nitrogen and oxygen atoms in total. The molecule has 5 rings (SSSR count). The maximum atomic E-state index is 13.6. The molecular weight excluding hydrogens is 617 g/mol.